The van der Waals surface area contributed by atoms with Gasteiger partial charge < -0.3 is 24.7 Å². The molecule has 0 bridgehead atoms. The van der Waals surface area contributed by atoms with Gasteiger partial charge in [0, 0.05) is 26.9 Å². The summed E-state index contributed by atoms with van der Waals surface area (Å²) in [6.45, 7) is 4.04. The predicted molar refractivity (Wildman–Crippen MR) is 65.1 cm³/mol. The van der Waals surface area contributed by atoms with Crippen molar-refractivity contribution < 1.29 is 18.9 Å². The molecule has 0 amide bonds. The fourth-order valence-corrected chi connectivity index (χ4v) is 1.80. The van der Waals surface area contributed by atoms with Gasteiger partial charge in [0.05, 0.1) is 32.0 Å². The second-order valence-electron chi connectivity index (χ2n) is 4.23. The first-order valence-corrected chi connectivity index (χ1v) is 6.36. The summed E-state index contributed by atoms with van der Waals surface area (Å²) in [6, 6.07) is 0. The molecule has 1 heterocycles. The maximum absolute atomic E-state index is 5.67. The summed E-state index contributed by atoms with van der Waals surface area (Å²) < 4.78 is 21.4. The Kier molecular flexibility index (Phi) is 8.56. The number of rotatable bonds is 10. The monoisotopic (exact) mass is 247 g/mol. The molecule has 1 aliphatic heterocycles. The van der Waals surface area contributed by atoms with Gasteiger partial charge in [-0.15, -0.1) is 0 Å². The highest BCUT2D eigenvalue weighted by Crippen LogP contribution is 2.18. The molecule has 0 radical (unpaired) electrons. The zero-order valence-corrected chi connectivity index (χ0v) is 10.7. The molecule has 0 aliphatic carbocycles. The van der Waals surface area contributed by atoms with Gasteiger partial charge in [-0.1, -0.05) is 0 Å². The first-order chi connectivity index (χ1) is 8.36. The number of hydrogen-bond donors (Lipinski definition) is 1. The van der Waals surface area contributed by atoms with E-state index < -0.39 is 0 Å². The van der Waals surface area contributed by atoms with E-state index in [1.54, 1.807) is 7.11 Å². The third-order valence-electron chi connectivity index (χ3n) is 2.77. The minimum Gasteiger partial charge on any atom is -0.382 e. The number of nitrogens with two attached hydrogens (primary N) is 1. The van der Waals surface area contributed by atoms with E-state index in [4.69, 9.17) is 24.7 Å². The van der Waals surface area contributed by atoms with Crippen molar-refractivity contribution >= 4 is 0 Å². The maximum atomic E-state index is 5.67. The number of hydrogen-bond acceptors (Lipinski definition) is 5. The molecule has 0 spiro atoms. The number of methoxy groups -OCH3 is 1. The van der Waals surface area contributed by atoms with E-state index in [9.17, 15) is 0 Å². The highest BCUT2D eigenvalue weighted by Gasteiger charge is 2.23. The Morgan fingerprint density at radius 2 is 1.82 bits per heavy atom. The SMILES string of the molecule is COCCOCCCOCC1CCC(CN)O1. The van der Waals surface area contributed by atoms with Crippen LogP contribution in [-0.2, 0) is 18.9 Å². The van der Waals surface area contributed by atoms with E-state index in [0.29, 0.717) is 26.4 Å². The van der Waals surface area contributed by atoms with Crippen LogP contribution in [0.5, 0.6) is 0 Å². The Morgan fingerprint density at radius 1 is 1.06 bits per heavy atom. The summed E-state index contributed by atoms with van der Waals surface area (Å²) in [5.41, 5.74) is 5.54. The van der Waals surface area contributed by atoms with Crippen LogP contribution in [0.25, 0.3) is 0 Å². The van der Waals surface area contributed by atoms with Crippen molar-refractivity contribution in [2.45, 2.75) is 31.5 Å². The van der Waals surface area contributed by atoms with E-state index in [1.807, 2.05) is 0 Å². The van der Waals surface area contributed by atoms with Crippen LogP contribution in [0, 0.1) is 0 Å². The van der Waals surface area contributed by atoms with Crippen LogP contribution in [0.1, 0.15) is 19.3 Å². The lowest BCUT2D eigenvalue weighted by Gasteiger charge is -2.12. The summed E-state index contributed by atoms with van der Waals surface area (Å²) in [5.74, 6) is 0. The molecular weight excluding hydrogens is 222 g/mol. The lowest BCUT2D eigenvalue weighted by molar-refractivity contribution is -0.0176. The first-order valence-electron chi connectivity index (χ1n) is 6.36. The molecule has 5 heteroatoms. The molecule has 0 aromatic carbocycles. The van der Waals surface area contributed by atoms with Crippen molar-refractivity contribution in [2.24, 2.45) is 5.73 Å². The smallest absolute Gasteiger partial charge is 0.0813 e. The molecule has 5 nitrogen and oxygen atoms in total. The van der Waals surface area contributed by atoms with Crippen molar-refractivity contribution in [3.05, 3.63) is 0 Å². The Hall–Kier alpha value is -0.200. The largest absolute Gasteiger partial charge is 0.382 e. The summed E-state index contributed by atoms with van der Waals surface area (Å²) in [4.78, 5) is 0. The summed E-state index contributed by atoms with van der Waals surface area (Å²) in [5, 5.41) is 0. The van der Waals surface area contributed by atoms with Gasteiger partial charge in [0.25, 0.3) is 0 Å². The molecule has 1 saturated heterocycles. The zero-order chi connectivity index (χ0) is 12.3. The molecule has 17 heavy (non-hydrogen) atoms. The Bertz CT molecular complexity index is 180. The van der Waals surface area contributed by atoms with E-state index in [0.717, 1.165) is 32.5 Å². The topological polar surface area (TPSA) is 62.9 Å². The zero-order valence-electron chi connectivity index (χ0n) is 10.7. The molecule has 2 unspecified atom stereocenters. The lowest BCUT2D eigenvalue weighted by Crippen LogP contribution is -2.23. The van der Waals surface area contributed by atoms with Crippen molar-refractivity contribution in [3.8, 4) is 0 Å². The normalized spacial score (nSPS) is 24.4. The minimum atomic E-state index is 0.234. The molecule has 0 aromatic heterocycles. The van der Waals surface area contributed by atoms with Gasteiger partial charge in [0.15, 0.2) is 0 Å². The molecule has 102 valence electrons. The van der Waals surface area contributed by atoms with Gasteiger partial charge in [-0.05, 0) is 19.3 Å². The van der Waals surface area contributed by atoms with Crippen LogP contribution < -0.4 is 5.73 Å². The second-order valence-corrected chi connectivity index (χ2v) is 4.23. The molecule has 1 fully saturated rings. The lowest BCUT2D eigenvalue weighted by atomic mass is 10.2. The average Bonchev–Trinajstić information content (AvgIpc) is 2.80. The molecule has 2 atom stereocenters. The van der Waals surface area contributed by atoms with Gasteiger partial charge >= 0.3 is 0 Å². The highest BCUT2D eigenvalue weighted by atomic mass is 16.5. The van der Waals surface area contributed by atoms with Crippen LogP contribution in [-0.4, -0.2) is 58.9 Å². The van der Waals surface area contributed by atoms with E-state index in [2.05, 4.69) is 0 Å². The van der Waals surface area contributed by atoms with Crippen LogP contribution >= 0.6 is 0 Å². The molecule has 2 N–H and O–H groups in total. The van der Waals surface area contributed by atoms with Crippen LogP contribution in [0.3, 0.4) is 0 Å². The summed E-state index contributed by atoms with van der Waals surface area (Å²) >= 11 is 0. The Balaban J connectivity index is 1.81. The Labute approximate surface area is 104 Å². The molecule has 0 aromatic rings. The average molecular weight is 247 g/mol. The molecule has 0 saturated carbocycles. The van der Waals surface area contributed by atoms with Gasteiger partial charge in [0.2, 0.25) is 0 Å². The van der Waals surface area contributed by atoms with Gasteiger partial charge in [0.1, 0.15) is 0 Å². The maximum Gasteiger partial charge on any atom is 0.0813 e. The third-order valence-corrected chi connectivity index (χ3v) is 2.77. The van der Waals surface area contributed by atoms with Crippen LogP contribution in [0.4, 0.5) is 0 Å². The summed E-state index contributed by atoms with van der Waals surface area (Å²) in [6.07, 6.45) is 3.51. The van der Waals surface area contributed by atoms with Crippen molar-refractivity contribution in [2.75, 3.05) is 46.7 Å². The van der Waals surface area contributed by atoms with Gasteiger partial charge in [-0.25, -0.2) is 0 Å². The standard InChI is InChI=1S/C12H25NO4/c1-14-7-8-15-5-2-6-16-10-12-4-3-11(9-13)17-12/h11-12H,2-10,13H2,1H3. The molecular formula is C12H25NO4. The second kappa shape index (κ2) is 9.79. The van der Waals surface area contributed by atoms with Gasteiger partial charge in [-0.3, -0.25) is 0 Å². The van der Waals surface area contributed by atoms with Crippen LogP contribution in [0.15, 0.2) is 0 Å². The summed E-state index contributed by atoms with van der Waals surface area (Å²) in [7, 11) is 1.67. The fourth-order valence-electron chi connectivity index (χ4n) is 1.80. The van der Waals surface area contributed by atoms with E-state index in [1.165, 1.54) is 0 Å². The van der Waals surface area contributed by atoms with Gasteiger partial charge in [-0.2, -0.15) is 0 Å². The van der Waals surface area contributed by atoms with Crippen molar-refractivity contribution in [3.63, 3.8) is 0 Å². The van der Waals surface area contributed by atoms with Crippen molar-refractivity contribution in [1.82, 2.24) is 0 Å². The third kappa shape index (κ3) is 6.95. The van der Waals surface area contributed by atoms with E-state index >= 15 is 0 Å². The van der Waals surface area contributed by atoms with Crippen LogP contribution in [0.2, 0.25) is 0 Å². The quantitative estimate of drug-likeness (QED) is 0.572. The number of ether oxygens (including phenoxy) is 4. The predicted octanol–water partition coefficient (Wildman–Crippen LogP) is 0.562. The molecule has 1 aliphatic rings. The fraction of sp³-hybridized carbons (Fsp3) is 1.00. The highest BCUT2D eigenvalue weighted by molar-refractivity contribution is 4.73. The first kappa shape index (κ1) is 14.9. The van der Waals surface area contributed by atoms with Crippen molar-refractivity contribution in [1.29, 1.82) is 0 Å². The minimum absolute atomic E-state index is 0.234. The van der Waals surface area contributed by atoms with E-state index in [-0.39, 0.29) is 12.2 Å². The Morgan fingerprint density at radius 3 is 2.53 bits per heavy atom. The molecule has 1 rings (SSSR count).